The SMILES string of the molecule is Cc1ncc(-c2cc3cc(NC(=O)[C@H]4CC[C@H](N(C)C)CC4)ncc3cn2)o1. The average molecular weight is 379 g/mol. The molecule has 7 heteroatoms. The molecule has 3 aromatic heterocycles. The van der Waals surface area contributed by atoms with Crippen molar-refractivity contribution in [2.75, 3.05) is 19.4 Å². The van der Waals surface area contributed by atoms with Crippen LogP contribution >= 0.6 is 0 Å². The van der Waals surface area contributed by atoms with Crippen LogP contribution in [0.2, 0.25) is 0 Å². The normalized spacial score (nSPS) is 19.9. The van der Waals surface area contributed by atoms with Crippen molar-refractivity contribution in [2.24, 2.45) is 5.92 Å². The van der Waals surface area contributed by atoms with Gasteiger partial charge in [0.2, 0.25) is 5.91 Å². The van der Waals surface area contributed by atoms with Crippen LogP contribution in [0.25, 0.3) is 22.2 Å². The van der Waals surface area contributed by atoms with Crippen molar-refractivity contribution in [2.45, 2.75) is 38.6 Å². The number of carbonyl (C=O) groups is 1. The van der Waals surface area contributed by atoms with E-state index in [2.05, 4.69) is 39.3 Å². The van der Waals surface area contributed by atoms with E-state index in [4.69, 9.17) is 4.42 Å². The zero-order chi connectivity index (χ0) is 19.7. The van der Waals surface area contributed by atoms with Gasteiger partial charge >= 0.3 is 0 Å². The molecule has 0 unspecified atom stereocenters. The number of carbonyl (C=O) groups excluding carboxylic acids is 1. The van der Waals surface area contributed by atoms with Crippen LogP contribution in [0.4, 0.5) is 5.82 Å². The molecule has 0 spiro atoms. The highest BCUT2D eigenvalue weighted by atomic mass is 16.4. The number of rotatable bonds is 4. The minimum Gasteiger partial charge on any atom is -0.439 e. The van der Waals surface area contributed by atoms with Gasteiger partial charge in [-0.2, -0.15) is 0 Å². The van der Waals surface area contributed by atoms with E-state index in [9.17, 15) is 4.79 Å². The van der Waals surface area contributed by atoms with Crippen LogP contribution in [-0.2, 0) is 4.79 Å². The van der Waals surface area contributed by atoms with E-state index < -0.39 is 0 Å². The maximum Gasteiger partial charge on any atom is 0.228 e. The summed E-state index contributed by atoms with van der Waals surface area (Å²) in [5, 5.41) is 4.84. The summed E-state index contributed by atoms with van der Waals surface area (Å²) in [7, 11) is 4.21. The molecule has 0 saturated heterocycles. The van der Waals surface area contributed by atoms with E-state index in [0.29, 0.717) is 29.2 Å². The van der Waals surface area contributed by atoms with Crippen molar-refractivity contribution in [1.29, 1.82) is 0 Å². The second-order valence-corrected chi connectivity index (χ2v) is 7.69. The highest BCUT2D eigenvalue weighted by molar-refractivity contribution is 5.94. The first kappa shape index (κ1) is 18.6. The summed E-state index contributed by atoms with van der Waals surface area (Å²) in [6, 6.07) is 4.38. The van der Waals surface area contributed by atoms with Gasteiger partial charge in [0.15, 0.2) is 11.7 Å². The number of pyridine rings is 2. The van der Waals surface area contributed by atoms with Crippen molar-refractivity contribution in [1.82, 2.24) is 19.9 Å². The topological polar surface area (TPSA) is 84.2 Å². The molecule has 0 atom stereocenters. The lowest BCUT2D eigenvalue weighted by molar-refractivity contribution is -0.121. The lowest BCUT2D eigenvalue weighted by Crippen LogP contribution is -2.35. The Labute approximate surface area is 164 Å². The van der Waals surface area contributed by atoms with Crippen molar-refractivity contribution < 1.29 is 9.21 Å². The number of hydrogen-bond donors (Lipinski definition) is 1. The minimum absolute atomic E-state index is 0.0545. The van der Waals surface area contributed by atoms with Crippen LogP contribution in [0.15, 0.2) is 35.1 Å². The summed E-state index contributed by atoms with van der Waals surface area (Å²) in [6.07, 6.45) is 9.10. The molecule has 3 heterocycles. The Kier molecular flexibility index (Phi) is 5.09. The van der Waals surface area contributed by atoms with Gasteiger partial charge in [0, 0.05) is 36.7 Å². The summed E-state index contributed by atoms with van der Waals surface area (Å²) >= 11 is 0. The van der Waals surface area contributed by atoms with Gasteiger partial charge in [-0.25, -0.2) is 9.97 Å². The first-order valence-corrected chi connectivity index (χ1v) is 9.65. The third kappa shape index (κ3) is 3.89. The second kappa shape index (κ2) is 7.67. The number of nitrogens with one attached hydrogen (secondary N) is 1. The molecule has 1 aliphatic carbocycles. The summed E-state index contributed by atoms with van der Waals surface area (Å²) in [5.41, 5.74) is 0.707. The van der Waals surface area contributed by atoms with Crippen molar-refractivity contribution in [3.05, 3.63) is 36.6 Å². The molecular weight excluding hydrogens is 354 g/mol. The maximum atomic E-state index is 12.7. The molecule has 28 heavy (non-hydrogen) atoms. The number of oxazole rings is 1. The molecule has 1 N–H and O–H groups in total. The molecule has 0 aromatic carbocycles. The molecule has 1 amide bonds. The van der Waals surface area contributed by atoms with Crippen molar-refractivity contribution in [3.63, 3.8) is 0 Å². The molecule has 3 aromatic rings. The summed E-state index contributed by atoms with van der Waals surface area (Å²) in [5.74, 6) is 1.91. The predicted octanol–water partition coefficient (Wildman–Crippen LogP) is 3.65. The van der Waals surface area contributed by atoms with Gasteiger partial charge in [-0.15, -0.1) is 0 Å². The number of aryl methyl sites for hydroxylation is 1. The summed E-state index contributed by atoms with van der Waals surface area (Å²) in [6.45, 7) is 1.80. The third-order valence-corrected chi connectivity index (χ3v) is 5.53. The van der Waals surface area contributed by atoms with Crippen LogP contribution < -0.4 is 5.32 Å². The fraction of sp³-hybridized carbons (Fsp3) is 0.429. The lowest BCUT2D eigenvalue weighted by atomic mass is 9.85. The fourth-order valence-corrected chi connectivity index (χ4v) is 3.80. The van der Waals surface area contributed by atoms with Crippen LogP contribution in [0.1, 0.15) is 31.6 Å². The average Bonchev–Trinajstić information content (AvgIpc) is 3.14. The van der Waals surface area contributed by atoms with E-state index >= 15 is 0 Å². The van der Waals surface area contributed by atoms with Crippen molar-refractivity contribution >= 4 is 22.5 Å². The van der Waals surface area contributed by atoms with Gasteiger partial charge in [0.05, 0.1) is 6.20 Å². The third-order valence-electron chi connectivity index (χ3n) is 5.53. The van der Waals surface area contributed by atoms with E-state index in [1.807, 2.05) is 12.1 Å². The fourth-order valence-electron chi connectivity index (χ4n) is 3.80. The Bertz CT molecular complexity index is 989. The monoisotopic (exact) mass is 379 g/mol. The highest BCUT2D eigenvalue weighted by Crippen LogP contribution is 2.28. The maximum absolute atomic E-state index is 12.7. The quantitative estimate of drug-likeness (QED) is 0.745. The largest absolute Gasteiger partial charge is 0.439 e. The number of anilines is 1. The molecule has 0 bridgehead atoms. The molecule has 0 radical (unpaired) electrons. The lowest BCUT2D eigenvalue weighted by Gasteiger charge is -2.31. The van der Waals surface area contributed by atoms with E-state index in [1.165, 1.54) is 0 Å². The minimum atomic E-state index is 0.0545. The first-order valence-electron chi connectivity index (χ1n) is 9.65. The molecule has 1 saturated carbocycles. The number of hydrogen-bond acceptors (Lipinski definition) is 6. The Morgan fingerprint density at radius 3 is 2.46 bits per heavy atom. The Hall–Kier alpha value is -2.80. The Balaban J connectivity index is 1.49. The summed E-state index contributed by atoms with van der Waals surface area (Å²) in [4.78, 5) is 27.8. The predicted molar refractivity (Wildman–Crippen MR) is 108 cm³/mol. The van der Waals surface area contributed by atoms with E-state index in [0.717, 1.165) is 36.5 Å². The Morgan fingerprint density at radius 1 is 1.04 bits per heavy atom. The number of nitrogens with zero attached hydrogens (tertiary/aromatic N) is 4. The van der Waals surface area contributed by atoms with Crippen LogP contribution in [0.5, 0.6) is 0 Å². The van der Waals surface area contributed by atoms with Crippen LogP contribution in [0, 0.1) is 12.8 Å². The Morgan fingerprint density at radius 2 is 1.79 bits per heavy atom. The highest BCUT2D eigenvalue weighted by Gasteiger charge is 2.27. The summed E-state index contributed by atoms with van der Waals surface area (Å²) < 4.78 is 5.56. The second-order valence-electron chi connectivity index (χ2n) is 7.69. The molecular formula is C21H25N5O2. The van der Waals surface area contributed by atoms with Crippen molar-refractivity contribution in [3.8, 4) is 11.5 Å². The number of aromatic nitrogens is 3. The zero-order valence-corrected chi connectivity index (χ0v) is 16.5. The zero-order valence-electron chi connectivity index (χ0n) is 16.5. The van der Waals surface area contributed by atoms with E-state index in [-0.39, 0.29) is 11.8 Å². The number of amides is 1. The van der Waals surface area contributed by atoms with Gasteiger partial charge in [0.25, 0.3) is 0 Å². The van der Waals surface area contributed by atoms with Crippen LogP contribution in [-0.4, -0.2) is 45.9 Å². The molecule has 7 nitrogen and oxygen atoms in total. The van der Waals surface area contributed by atoms with Crippen LogP contribution in [0.3, 0.4) is 0 Å². The van der Waals surface area contributed by atoms with Gasteiger partial charge in [0.1, 0.15) is 11.5 Å². The van der Waals surface area contributed by atoms with Gasteiger partial charge in [-0.1, -0.05) is 0 Å². The molecule has 146 valence electrons. The molecule has 0 aliphatic heterocycles. The molecule has 1 aliphatic rings. The standard InChI is InChI=1S/C21H25N5O2/c1-13-22-12-19(28-13)18-8-15-9-20(24-11-16(15)10-23-18)25-21(27)14-4-6-17(7-5-14)26(2)3/h8-12,14,17H,4-7H2,1-3H3,(H,24,25,27)/t14-,17-. The molecule has 1 fully saturated rings. The smallest absolute Gasteiger partial charge is 0.228 e. The molecule has 4 rings (SSSR count). The van der Waals surface area contributed by atoms with Gasteiger partial charge in [-0.05, 0) is 57.3 Å². The van der Waals surface area contributed by atoms with E-state index in [1.54, 1.807) is 25.5 Å². The van der Waals surface area contributed by atoms with Gasteiger partial charge in [-0.3, -0.25) is 9.78 Å². The number of fused-ring (bicyclic) bond motifs is 1. The van der Waals surface area contributed by atoms with Gasteiger partial charge < -0.3 is 14.6 Å². The first-order chi connectivity index (χ1) is 13.5.